The fourth-order valence-corrected chi connectivity index (χ4v) is 4.83. The Morgan fingerprint density at radius 2 is 1.87 bits per heavy atom. The van der Waals surface area contributed by atoms with Crippen molar-refractivity contribution in [1.29, 1.82) is 0 Å². The number of allylic oxidation sites excluding steroid dienone is 2. The number of anilines is 1. The number of aliphatic imine (C=N–C) groups is 1. The minimum Gasteiger partial charge on any atom is -0.463 e. The first-order valence-corrected chi connectivity index (χ1v) is 10.4. The van der Waals surface area contributed by atoms with Crippen LogP contribution in [0.5, 0.6) is 5.75 Å². The summed E-state index contributed by atoms with van der Waals surface area (Å²) in [5.74, 6) is 1.82. The molecule has 0 bridgehead atoms. The van der Waals surface area contributed by atoms with Gasteiger partial charge in [-0.2, -0.15) is 0 Å². The number of dihydropyridines is 1. The molecule has 0 saturated carbocycles. The van der Waals surface area contributed by atoms with Gasteiger partial charge < -0.3 is 20.7 Å². The summed E-state index contributed by atoms with van der Waals surface area (Å²) < 4.78 is 6.02. The van der Waals surface area contributed by atoms with Crippen molar-refractivity contribution in [2.24, 2.45) is 4.99 Å². The SMILES string of the molecule is CC1(C)C2=CNC(C3=CC=C(C4Nc5ccccc5O4)NC3)=NC2c2ccccc21. The van der Waals surface area contributed by atoms with Crippen molar-refractivity contribution in [2.75, 3.05) is 11.9 Å². The second-order valence-corrected chi connectivity index (χ2v) is 8.64. The molecule has 2 unspecified atom stereocenters. The molecule has 2 aromatic rings. The van der Waals surface area contributed by atoms with Crippen LogP contribution in [-0.4, -0.2) is 18.6 Å². The summed E-state index contributed by atoms with van der Waals surface area (Å²) in [7, 11) is 0. The lowest BCUT2D eigenvalue weighted by atomic mass is 9.82. The van der Waals surface area contributed by atoms with Crippen LogP contribution in [0, 0.1) is 0 Å². The molecule has 0 amide bonds. The Bertz CT molecular complexity index is 1150. The molecular weight excluding hydrogens is 372 g/mol. The molecule has 2 aromatic carbocycles. The van der Waals surface area contributed by atoms with E-state index < -0.39 is 0 Å². The minimum atomic E-state index is -0.185. The molecule has 3 N–H and O–H groups in total. The molecule has 5 heteroatoms. The van der Waals surface area contributed by atoms with Gasteiger partial charge in [0.05, 0.1) is 11.4 Å². The van der Waals surface area contributed by atoms with Crippen LogP contribution in [0.15, 0.2) is 88.7 Å². The molecule has 6 rings (SSSR count). The smallest absolute Gasteiger partial charge is 0.211 e. The highest BCUT2D eigenvalue weighted by atomic mass is 16.5. The van der Waals surface area contributed by atoms with Crippen LogP contribution >= 0.6 is 0 Å². The maximum absolute atomic E-state index is 6.02. The summed E-state index contributed by atoms with van der Waals surface area (Å²) in [6, 6.07) is 16.8. The van der Waals surface area contributed by atoms with E-state index >= 15 is 0 Å². The molecule has 0 aromatic heterocycles. The zero-order chi connectivity index (χ0) is 20.3. The number of rotatable bonds is 2. The standard InChI is InChI=1S/C25H24N4O/c1-25(2)17-8-4-3-7-16(17)22-18(25)14-27-23(29-22)15-11-12-20(26-13-15)24-28-19-9-5-6-10-21(19)30-24/h3-12,14,22,24,26,28H,13H2,1-2H3,(H,27,29). The summed E-state index contributed by atoms with van der Waals surface area (Å²) in [5.41, 5.74) is 7.20. The van der Waals surface area contributed by atoms with Gasteiger partial charge in [-0.3, -0.25) is 4.99 Å². The molecule has 2 atom stereocenters. The van der Waals surface area contributed by atoms with Gasteiger partial charge in [-0.15, -0.1) is 0 Å². The van der Waals surface area contributed by atoms with Crippen molar-refractivity contribution in [3.05, 3.63) is 94.9 Å². The Kier molecular flexibility index (Phi) is 3.63. The molecule has 4 aliphatic rings. The highest BCUT2D eigenvalue weighted by molar-refractivity contribution is 6.01. The molecule has 0 saturated heterocycles. The highest BCUT2D eigenvalue weighted by Gasteiger charge is 2.43. The van der Waals surface area contributed by atoms with Gasteiger partial charge in [0.15, 0.2) is 0 Å². The predicted octanol–water partition coefficient (Wildman–Crippen LogP) is 4.15. The van der Waals surface area contributed by atoms with Crippen LogP contribution in [0.3, 0.4) is 0 Å². The lowest BCUT2D eigenvalue weighted by Gasteiger charge is -2.28. The van der Waals surface area contributed by atoms with E-state index in [9.17, 15) is 0 Å². The fraction of sp³-hybridized carbons (Fsp3) is 0.240. The number of para-hydroxylation sites is 2. The summed E-state index contributed by atoms with van der Waals surface area (Å²) in [4.78, 5) is 5.11. The average Bonchev–Trinajstić information content (AvgIpc) is 3.32. The van der Waals surface area contributed by atoms with E-state index in [-0.39, 0.29) is 17.7 Å². The van der Waals surface area contributed by atoms with Crippen LogP contribution in [-0.2, 0) is 5.41 Å². The van der Waals surface area contributed by atoms with Crippen molar-refractivity contribution in [3.63, 3.8) is 0 Å². The Labute approximate surface area is 176 Å². The maximum atomic E-state index is 6.02. The van der Waals surface area contributed by atoms with Gasteiger partial charge in [-0.1, -0.05) is 56.3 Å². The van der Waals surface area contributed by atoms with E-state index in [0.29, 0.717) is 6.54 Å². The zero-order valence-corrected chi connectivity index (χ0v) is 17.1. The van der Waals surface area contributed by atoms with Gasteiger partial charge in [0.1, 0.15) is 17.6 Å². The summed E-state index contributed by atoms with van der Waals surface area (Å²) in [5, 5.41) is 10.4. The number of nitrogens with zero attached hydrogens (tertiary/aromatic N) is 1. The monoisotopic (exact) mass is 396 g/mol. The summed E-state index contributed by atoms with van der Waals surface area (Å²) >= 11 is 0. The Morgan fingerprint density at radius 1 is 1.03 bits per heavy atom. The van der Waals surface area contributed by atoms with Crippen molar-refractivity contribution >= 4 is 11.5 Å². The molecule has 0 fully saturated rings. The lowest BCUT2D eigenvalue weighted by Crippen LogP contribution is -2.38. The molecule has 1 aliphatic carbocycles. The Balaban J connectivity index is 1.26. The third-order valence-electron chi connectivity index (χ3n) is 6.52. The van der Waals surface area contributed by atoms with Crippen molar-refractivity contribution in [2.45, 2.75) is 31.5 Å². The van der Waals surface area contributed by atoms with E-state index in [1.165, 1.54) is 16.7 Å². The number of hydrogen-bond donors (Lipinski definition) is 3. The third-order valence-corrected chi connectivity index (χ3v) is 6.52. The van der Waals surface area contributed by atoms with E-state index in [4.69, 9.17) is 9.73 Å². The Morgan fingerprint density at radius 3 is 2.70 bits per heavy atom. The fourth-order valence-electron chi connectivity index (χ4n) is 4.83. The first-order chi connectivity index (χ1) is 14.6. The second-order valence-electron chi connectivity index (χ2n) is 8.64. The van der Waals surface area contributed by atoms with Gasteiger partial charge in [-0.25, -0.2) is 0 Å². The first kappa shape index (κ1) is 17.4. The molecular formula is C25H24N4O. The van der Waals surface area contributed by atoms with Crippen LogP contribution in [0.2, 0.25) is 0 Å². The number of hydrogen-bond acceptors (Lipinski definition) is 5. The average molecular weight is 396 g/mol. The van der Waals surface area contributed by atoms with Crippen molar-refractivity contribution < 1.29 is 4.74 Å². The van der Waals surface area contributed by atoms with E-state index in [1.54, 1.807) is 0 Å². The summed E-state index contributed by atoms with van der Waals surface area (Å²) in [6.07, 6.45) is 6.19. The van der Waals surface area contributed by atoms with Crippen molar-refractivity contribution in [1.82, 2.24) is 10.6 Å². The number of benzene rings is 2. The summed E-state index contributed by atoms with van der Waals surface area (Å²) in [6.45, 7) is 5.27. The quantitative estimate of drug-likeness (QED) is 0.714. The zero-order valence-electron chi connectivity index (χ0n) is 17.1. The first-order valence-electron chi connectivity index (χ1n) is 10.4. The third kappa shape index (κ3) is 2.51. The minimum absolute atomic E-state index is 0.00392. The van der Waals surface area contributed by atoms with E-state index in [2.05, 4.69) is 72.4 Å². The van der Waals surface area contributed by atoms with E-state index in [0.717, 1.165) is 28.5 Å². The second kappa shape index (κ2) is 6.26. The molecule has 3 aliphatic heterocycles. The number of amidine groups is 1. The Hall–Kier alpha value is -3.47. The molecule has 5 nitrogen and oxygen atoms in total. The molecule has 30 heavy (non-hydrogen) atoms. The van der Waals surface area contributed by atoms with Crippen LogP contribution < -0.4 is 20.7 Å². The number of fused-ring (bicyclic) bond motifs is 4. The van der Waals surface area contributed by atoms with Gasteiger partial charge in [0, 0.05) is 23.7 Å². The molecule has 3 heterocycles. The van der Waals surface area contributed by atoms with Crippen LogP contribution in [0.1, 0.15) is 31.0 Å². The molecule has 0 radical (unpaired) electrons. The van der Waals surface area contributed by atoms with Gasteiger partial charge in [-0.05, 0) is 34.9 Å². The normalized spacial score (nSPS) is 25.0. The topological polar surface area (TPSA) is 57.7 Å². The number of ether oxygens (including phenoxy) is 1. The van der Waals surface area contributed by atoms with Gasteiger partial charge in [0.2, 0.25) is 6.23 Å². The molecule has 150 valence electrons. The van der Waals surface area contributed by atoms with Crippen LogP contribution in [0.25, 0.3) is 0 Å². The lowest BCUT2D eigenvalue weighted by molar-refractivity contribution is 0.280. The largest absolute Gasteiger partial charge is 0.463 e. The highest BCUT2D eigenvalue weighted by Crippen LogP contribution is 2.51. The van der Waals surface area contributed by atoms with Crippen molar-refractivity contribution in [3.8, 4) is 5.75 Å². The van der Waals surface area contributed by atoms with Gasteiger partial charge in [0.25, 0.3) is 0 Å². The van der Waals surface area contributed by atoms with E-state index in [1.807, 2.05) is 24.3 Å². The van der Waals surface area contributed by atoms with Gasteiger partial charge >= 0.3 is 0 Å². The maximum Gasteiger partial charge on any atom is 0.211 e. The number of nitrogens with one attached hydrogen (secondary N) is 3. The predicted molar refractivity (Wildman–Crippen MR) is 120 cm³/mol. The van der Waals surface area contributed by atoms with Crippen LogP contribution in [0.4, 0.5) is 5.69 Å². The molecule has 0 spiro atoms.